The molecule has 1 amide bonds. The van der Waals surface area contributed by atoms with E-state index >= 15 is 0 Å². The van der Waals surface area contributed by atoms with E-state index in [2.05, 4.69) is 46.3 Å². The Labute approximate surface area is 188 Å². The molecule has 0 bridgehead atoms. The molecule has 1 unspecified atom stereocenters. The number of hydrogen-bond acceptors (Lipinski definition) is 5. The number of pyridine rings is 2. The third-order valence-electron chi connectivity index (χ3n) is 7.27. The Bertz CT molecular complexity index is 1200. The van der Waals surface area contributed by atoms with Gasteiger partial charge in [0.1, 0.15) is 5.82 Å². The van der Waals surface area contributed by atoms with Crippen LogP contribution >= 0.6 is 0 Å². The molecule has 0 spiro atoms. The van der Waals surface area contributed by atoms with Crippen molar-refractivity contribution in [2.24, 2.45) is 0 Å². The quantitative estimate of drug-likeness (QED) is 0.666. The molecule has 1 aromatic carbocycles. The van der Waals surface area contributed by atoms with Crippen LogP contribution in [0.25, 0.3) is 22.3 Å². The number of fused-ring (bicyclic) bond motifs is 2. The molecule has 6 rings (SSSR count). The van der Waals surface area contributed by atoms with Crippen LogP contribution < -0.4 is 15.1 Å². The van der Waals surface area contributed by atoms with Crippen LogP contribution in [0.5, 0.6) is 0 Å². The number of nitrogens with one attached hydrogen (secondary N) is 1. The van der Waals surface area contributed by atoms with Gasteiger partial charge in [-0.05, 0) is 62.8 Å². The molecule has 3 aromatic rings. The van der Waals surface area contributed by atoms with E-state index in [-0.39, 0.29) is 5.91 Å². The minimum absolute atomic E-state index is 0.00143. The molecule has 2 fully saturated rings. The summed E-state index contributed by atoms with van der Waals surface area (Å²) in [5, 5.41) is 4.01. The summed E-state index contributed by atoms with van der Waals surface area (Å²) < 4.78 is 0. The lowest BCUT2D eigenvalue weighted by molar-refractivity contribution is 0.0966. The predicted octanol–water partition coefficient (Wildman–Crippen LogP) is 4.52. The zero-order valence-electron chi connectivity index (χ0n) is 18.6. The van der Waals surface area contributed by atoms with E-state index < -0.39 is 0 Å². The van der Waals surface area contributed by atoms with Gasteiger partial charge in [-0.15, -0.1) is 0 Å². The van der Waals surface area contributed by atoms with Crippen LogP contribution in [0.2, 0.25) is 0 Å². The number of benzene rings is 1. The average molecular weight is 428 g/mol. The zero-order valence-corrected chi connectivity index (χ0v) is 18.6. The standard InChI is InChI=1S/C26H29N5O/c1-17-6-2-3-13-31(17)24-15-23(30-11-4-5-12-30)20-9-10-22(28-25(20)29-24)18-7-8-19-16-27-26(32)21(19)14-18/h7-10,14-15,17H,2-6,11-13,16H2,1H3,(H,27,32). The molecule has 1 N–H and O–H groups in total. The normalized spacial score (nSPS) is 20.7. The maximum atomic E-state index is 12.1. The number of piperidine rings is 1. The Morgan fingerprint density at radius 1 is 0.969 bits per heavy atom. The van der Waals surface area contributed by atoms with Gasteiger partial charge in [-0.2, -0.15) is 0 Å². The van der Waals surface area contributed by atoms with Crippen molar-refractivity contribution in [1.29, 1.82) is 0 Å². The first-order valence-corrected chi connectivity index (χ1v) is 11.9. The van der Waals surface area contributed by atoms with Gasteiger partial charge in [0.25, 0.3) is 5.91 Å². The summed E-state index contributed by atoms with van der Waals surface area (Å²) in [5.41, 5.74) is 5.69. The second-order valence-corrected chi connectivity index (χ2v) is 9.35. The molecule has 6 heteroatoms. The van der Waals surface area contributed by atoms with Crippen molar-refractivity contribution in [2.75, 3.05) is 29.4 Å². The summed E-state index contributed by atoms with van der Waals surface area (Å²) in [6.07, 6.45) is 6.19. The SMILES string of the molecule is CC1CCCCN1c1cc(N2CCCC2)c2ccc(-c3ccc4c(c3)C(=O)NC4)nc2n1. The number of aromatic nitrogens is 2. The summed E-state index contributed by atoms with van der Waals surface area (Å²) in [7, 11) is 0. The number of rotatable bonds is 3. The van der Waals surface area contributed by atoms with Gasteiger partial charge in [0.2, 0.25) is 0 Å². The number of anilines is 2. The van der Waals surface area contributed by atoms with E-state index in [9.17, 15) is 4.79 Å². The fourth-order valence-corrected chi connectivity index (χ4v) is 5.41. The average Bonchev–Trinajstić information content (AvgIpc) is 3.48. The number of carbonyl (C=O) groups is 1. The Balaban J connectivity index is 1.47. The van der Waals surface area contributed by atoms with Crippen molar-refractivity contribution >= 4 is 28.4 Å². The lowest BCUT2D eigenvalue weighted by atomic mass is 10.0. The maximum absolute atomic E-state index is 12.1. The number of hydrogen-bond donors (Lipinski definition) is 1. The highest BCUT2D eigenvalue weighted by molar-refractivity contribution is 5.99. The largest absolute Gasteiger partial charge is 0.371 e. The monoisotopic (exact) mass is 427 g/mol. The smallest absolute Gasteiger partial charge is 0.251 e. The molecule has 0 saturated carbocycles. The van der Waals surface area contributed by atoms with Crippen LogP contribution in [0.1, 0.15) is 54.9 Å². The Kier molecular flexibility index (Phi) is 4.74. The lowest BCUT2D eigenvalue weighted by Gasteiger charge is -2.35. The molecular formula is C26H29N5O. The maximum Gasteiger partial charge on any atom is 0.251 e. The van der Waals surface area contributed by atoms with Crippen LogP contribution in [-0.2, 0) is 6.54 Å². The van der Waals surface area contributed by atoms with E-state index in [0.29, 0.717) is 12.6 Å². The highest BCUT2D eigenvalue weighted by Gasteiger charge is 2.24. The summed E-state index contributed by atoms with van der Waals surface area (Å²) in [5.74, 6) is 1.04. The van der Waals surface area contributed by atoms with Crippen LogP contribution in [-0.4, -0.2) is 41.6 Å². The minimum atomic E-state index is -0.00143. The molecule has 164 valence electrons. The molecular weight excluding hydrogens is 398 g/mol. The molecule has 3 aliphatic heterocycles. The third kappa shape index (κ3) is 3.29. The molecule has 0 aliphatic carbocycles. The van der Waals surface area contributed by atoms with E-state index in [1.165, 1.54) is 37.8 Å². The van der Waals surface area contributed by atoms with Crippen molar-refractivity contribution in [3.8, 4) is 11.3 Å². The van der Waals surface area contributed by atoms with Crippen molar-refractivity contribution in [3.63, 3.8) is 0 Å². The number of nitrogens with zero attached hydrogens (tertiary/aromatic N) is 4. The fourth-order valence-electron chi connectivity index (χ4n) is 5.41. The third-order valence-corrected chi connectivity index (χ3v) is 7.27. The molecule has 32 heavy (non-hydrogen) atoms. The summed E-state index contributed by atoms with van der Waals surface area (Å²) >= 11 is 0. The first-order valence-electron chi connectivity index (χ1n) is 11.9. The van der Waals surface area contributed by atoms with Gasteiger partial charge in [0.15, 0.2) is 5.65 Å². The van der Waals surface area contributed by atoms with Crippen molar-refractivity contribution in [1.82, 2.24) is 15.3 Å². The second kappa shape index (κ2) is 7.76. The molecule has 1 atom stereocenters. The Morgan fingerprint density at radius 3 is 2.66 bits per heavy atom. The van der Waals surface area contributed by atoms with E-state index in [0.717, 1.165) is 58.9 Å². The van der Waals surface area contributed by atoms with E-state index in [1.807, 2.05) is 12.1 Å². The second-order valence-electron chi connectivity index (χ2n) is 9.35. The van der Waals surface area contributed by atoms with E-state index in [1.54, 1.807) is 0 Å². The van der Waals surface area contributed by atoms with Crippen molar-refractivity contribution in [3.05, 3.63) is 47.5 Å². The highest BCUT2D eigenvalue weighted by atomic mass is 16.1. The molecule has 3 aliphatic rings. The lowest BCUT2D eigenvalue weighted by Crippen LogP contribution is -2.38. The fraction of sp³-hybridized carbons (Fsp3) is 0.423. The van der Waals surface area contributed by atoms with Gasteiger partial charge in [-0.25, -0.2) is 9.97 Å². The predicted molar refractivity (Wildman–Crippen MR) is 128 cm³/mol. The first-order chi connectivity index (χ1) is 15.7. The topological polar surface area (TPSA) is 61.4 Å². The number of carbonyl (C=O) groups excluding carboxylic acids is 1. The molecule has 0 radical (unpaired) electrons. The minimum Gasteiger partial charge on any atom is -0.371 e. The van der Waals surface area contributed by atoms with Gasteiger partial charge < -0.3 is 15.1 Å². The van der Waals surface area contributed by atoms with Gasteiger partial charge in [-0.3, -0.25) is 4.79 Å². The van der Waals surface area contributed by atoms with Crippen molar-refractivity contribution < 1.29 is 4.79 Å². The zero-order chi connectivity index (χ0) is 21.7. The summed E-state index contributed by atoms with van der Waals surface area (Å²) in [4.78, 5) is 27.2. The summed E-state index contributed by atoms with van der Waals surface area (Å²) in [6.45, 7) is 6.15. The first kappa shape index (κ1) is 19.5. The molecule has 2 aromatic heterocycles. The van der Waals surface area contributed by atoms with Crippen LogP contribution in [0, 0.1) is 0 Å². The van der Waals surface area contributed by atoms with Gasteiger partial charge in [0.05, 0.1) is 11.4 Å². The Hall–Kier alpha value is -3.15. The van der Waals surface area contributed by atoms with Crippen LogP contribution in [0.4, 0.5) is 11.5 Å². The summed E-state index contributed by atoms with van der Waals surface area (Å²) in [6, 6.07) is 13.1. The molecule has 6 nitrogen and oxygen atoms in total. The Morgan fingerprint density at radius 2 is 1.81 bits per heavy atom. The van der Waals surface area contributed by atoms with E-state index in [4.69, 9.17) is 9.97 Å². The van der Waals surface area contributed by atoms with Crippen LogP contribution in [0.3, 0.4) is 0 Å². The van der Waals surface area contributed by atoms with Gasteiger partial charge in [-0.1, -0.05) is 12.1 Å². The van der Waals surface area contributed by atoms with Gasteiger partial charge in [0, 0.05) is 54.8 Å². The molecule has 2 saturated heterocycles. The van der Waals surface area contributed by atoms with Crippen molar-refractivity contribution in [2.45, 2.75) is 51.6 Å². The highest BCUT2D eigenvalue weighted by Crippen LogP contribution is 2.35. The number of amides is 1. The van der Waals surface area contributed by atoms with Gasteiger partial charge >= 0.3 is 0 Å². The molecule has 5 heterocycles. The van der Waals surface area contributed by atoms with Crippen LogP contribution in [0.15, 0.2) is 36.4 Å².